The standard InChI is InChI=1S/C17H18N4O3/c1-3-24-16(23)10-20-11(2)8-15(22)21-9-14(19-17(20)21)12-4-6-13(18)7-5-12/h4-9H,3,10,18H2,1-2H3. The largest absolute Gasteiger partial charge is 0.465 e. The lowest BCUT2D eigenvalue weighted by atomic mass is 10.1. The van der Waals surface area contributed by atoms with Crippen LogP contribution in [-0.2, 0) is 16.1 Å². The van der Waals surface area contributed by atoms with E-state index in [1.165, 1.54) is 10.5 Å². The van der Waals surface area contributed by atoms with Gasteiger partial charge in [-0.1, -0.05) is 12.1 Å². The lowest BCUT2D eigenvalue weighted by Gasteiger charge is -2.10. The second-order valence-corrected chi connectivity index (χ2v) is 5.43. The van der Waals surface area contributed by atoms with Crippen molar-refractivity contribution in [2.24, 2.45) is 0 Å². The molecular weight excluding hydrogens is 308 g/mol. The minimum Gasteiger partial charge on any atom is -0.465 e. The molecule has 3 rings (SSSR count). The smallest absolute Gasteiger partial charge is 0.326 e. The second kappa shape index (κ2) is 6.19. The first-order valence-electron chi connectivity index (χ1n) is 7.60. The molecule has 0 bridgehead atoms. The van der Waals surface area contributed by atoms with Crippen LogP contribution in [0.3, 0.4) is 0 Å². The van der Waals surface area contributed by atoms with E-state index in [2.05, 4.69) is 4.98 Å². The van der Waals surface area contributed by atoms with Crippen molar-refractivity contribution in [2.75, 3.05) is 12.3 Å². The van der Waals surface area contributed by atoms with E-state index in [1.54, 1.807) is 36.7 Å². The number of aryl methyl sites for hydroxylation is 1. The molecule has 2 aromatic heterocycles. The summed E-state index contributed by atoms with van der Waals surface area (Å²) in [5.74, 6) is 0.0306. The molecule has 0 fully saturated rings. The van der Waals surface area contributed by atoms with Gasteiger partial charge in [0.15, 0.2) is 0 Å². The molecule has 0 saturated carbocycles. The number of rotatable bonds is 4. The maximum atomic E-state index is 12.2. The third-order valence-electron chi connectivity index (χ3n) is 3.72. The van der Waals surface area contributed by atoms with Crippen molar-refractivity contribution in [1.29, 1.82) is 0 Å². The van der Waals surface area contributed by atoms with Crippen LogP contribution in [0.2, 0.25) is 0 Å². The van der Waals surface area contributed by atoms with Crippen LogP contribution in [0.4, 0.5) is 5.69 Å². The van der Waals surface area contributed by atoms with Crippen molar-refractivity contribution in [1.82, 2.24) is 14.0 Å². The molecule has 3 aromatic rings. The molecule has 124 valence electrons. The number of hydrogen-bond acceptors (Lipinski definition) is 5. The van der Waals surface area contributed by atoms with Gasteiger partial charge in [0, 0.05) is 29.2 Å². The summed E-state index contributed by atoms with van der Waals surface area (Å²) in [4.78, 5) is 28.6. The van der Waals surface area contributed by atoms with E-state index in [9.17, 15) is 9.59 Å². The predicted octanol–water partition coefficient (Wildman–Crippen LogP) is 1.62. The number of carbonyl (C=O) groups is 1. The van der Waals surface area contributed by atoms with E-state index in [1.807, 2.05) is 12.1 Å². The molecule has 0 aliphatic heterocycles. The van der Waals surface area contributed by atoms with Crippen LogP contribution in [0.1, 0.15) is 12.6 Å². The zero-order valence-corrected chi connectivity index (χ0v) is 13.5. The number of benzene rings is 1. The van der Waals surface area contributed by atoms with Gasteiger partial charge in [0.25, 0.3) is 5.56 Å². The minimum absolute atomic E-state index is 0.00163. The molecular formula is C17H18N4O3. The summed E-state index contributed by atoms with van der Waals surface area (Å²) in [7, 11) is 0. The van der Waals surface area contributed by atoms with Crippen LogP contribution >= 0.6 is 0 Å². The number of fused-ring (bicyclic) bond motifs is 1. The van der Waals surface area contributed by atoms with Gasteiger partial charge in [-0.05, 0) is 26.0 Å². The first kappa shape index (κ1) is 15.8. The third-order valence-corrected chi connectivity index (χ3v) is 3.72. The molecule has 2 heterocycles. The van der Waals surface area contributed by atoms with Crippen molar-refractivity contribution in [2.45, 2.75) is 20.4 Å². The molecule has 0 unspecified atom stereocenters. The molecule has 0 amide bonds. The monoisotopic (exact) mass is 326 g/mol. The van der Waals surface area contributed by atoms with E-state index in [0.717, 1.165) is 5.56 Å². The Morgan fingerprint density at radius 1 is 1.29 bits per heavy atom. The van der Waals surface area contributed by atoms with Crippen molar-refractivity contribution in [3.8, 4) is 11.3 Å². The maximum absolute atomic E-state index is 12.2. The van der Waals surface area contributed by atoms with Crippen LogP contribution in [0.15, 0.2) is 41.3 Å². The van der Waals surface area contributed by atoms with Crippen molar-refractivity contribution >= 4 is 17.4 Å². The first-order valence-corrected chi connectivity index (χ1v) is 7.60. The number of esters is 1. The summed E-state index contributed by atoms with van der Waals surface area (Å²) in [5.41, 5.74) is 8.28. The van der Waals surface area contributed by atoms with Gasteiger partial charge in [-0.15, -0.1) is 0 Å². The fourth-order valence-corrected chi connectivity index (χ4v) is 2.53. The summed E-state index contributed by atoms with van der Waals surface area (Å²) in [6, 6.07) is 8.69. The Hall–Kier alpha value is -3.09. The number of aromatic nitrogens is 3. The molecule has 0 atom stereocenters. The SMILES string of the molecule is CCOC(=O)Cn1c(C)cc(=O)n2cc(-c3ccc(N)cc3)nc12. The quantitative estimate of drug-likeness (QED) is 0.581. The van der Waals surface area contributed by atoms with Crippen LogP contribution < -0.4 is 11.3 Å². The Bertz CT molecular complexity index is 954. The second-order valence-electron chi connectivity index (χ2n) is 5.43. The number of ether oxygens (including phenoxy) is 1. The molecule has 0 aliphatic carbocycles. The Kier molecular flexibility index (Phi) is 4.07. The van der Waals surface area contributed by atoms with Gasteiger partial charge >= 0.3 is 5.97 Å². The lowest BCUT2D eigenvalue weighted by molar-refractivity contribution is -0.143. The van der Waals surface area contributed by atoms with Crippen LogP contribution in [0.5, 0.6) is 0 Å². The Balaban J connectivity index is 2.13. The highest BCUT2D eigenvalue weighted by atomic mass is 16.5. The molecule has 0 aliphatic rings. The van der Waals surface area contributed by atoms with Gasteiger partial charge in [0.1, 0.15) is 6.54 Å². The average Bonchev–Trinajstić information content (AvgIpc) is 2.98. The molecule has 7 heteroatoms. The molecule has 0 saturated heterocycles. The van der Waals surface area contributed by atoms with E-state index < -0.39 is 0 Å². The van der Waals surface area contributed by atoms with Crippen LogP contribution in [0, 0.1) is 6.92 Å². The highest BCUT2D eigenvalue weighted by molar-refractivity contribution is 5.70. The van der Waals surface area contributed by atoms with Crippen molar-refractivity contribution in [3.05, 3.63) is 52.6 Å². The summed E-state index contributed by atoms with van der Waals surface area (Å²) < 4.78 is 8.09. The Labute approximate surface area is 138 Å². The molecule has 7 nitrogen and oxygen atoms in total. The zero-order chi connectivity index (χ0) is 17.3. The zero-order valence-electron chi connectivity index (χ0n) is 13.5. The summed E-state index contributed by atoms with van der Waals surface area (Å²) in [6.45, 7) is 3.82. The van der Waals surface area contributed by atoms with Crippen LogP contribution in [-0.4, -0.2) is 26.5 Å². The summed E-state index contributed by atoms with van der Waals surface area (Å²) in [5, 5.41) is 0. The highest BCUT2D eigenvalue weighted by Gasteiger charge is 2.14. The first-order chi connectivity index (χ1) is 11.5. The topological polar surface area (TPSA) is 91.6 Å². The van der Waals surface area contributed by atoms with E-state index in [4.69, 9.17) is 10.5 Å². The van der Waals surface area contributed by atoms with E-state index in [-0.39, 0.29) is 18.1 Å². The highest BCUT2D eigenvalue weighted by Crippen LogP contribution is 2.20. The van der Waals surface area contributed by atoms with E-state index >= 15 is 0 Å². The number of nitrogens with zero attached hydrogens (tertiary/aromatic N) is 3. The maximum Gasteiger partial charge on any atom is 0.326 e. The summed E-state index contributed by atoms with van der Waals surface area (Å²) >= 11 is 0. The molecule has 0 spiro atoms. The fraction of sp³-hybridized carbons (Fsp3) is 0.235. The lowest BCUT2D eigenvalue weighted by Crippen LogP contribution is -2.22. The minimum atomic E-state index is -0.372. The summed E-state index contributed by atoms with van der Waals surface area (Å²) in [6.07, 6.45) is 1.66. The Morgan fingerprint density at radius 3 is 2.67 bits per heavy atom. The molecule has 2 N–H and O–H groups in total. The molecule has 0 radical (unpaired) electrons. The van der Waals surface area contributed by atoms with Gasteiger partial charge in [0.05, 0.1) is 12.3 Å². The number of carbonyl (C=O) groups excluding carboxylic acids is 1. The average molecular weight is 326 g/mol. The number of anilines is 1. The predicted molar refractivity (Wildman–Crippen MR) is 90.7 cm³/mol. The Morgan fingerprint density at radius 2 is 2.00 bits per heavy atom. The third kappa shape index (κ3) is 2.88. The number of nitrogen functional groups attached to an aromatic ring is 1. The fourth-order valence-electron chi connectivity index (χ4n) is 2.53. The van der Waals surface area contributed by atoms with E-state index in [0.29, 0.717) is 29.5 Å². The van der Waals surface area contributed by atoms with Gasteiger partial charge in [-0.2, -0.15) is 0 Å². The molecule has 24 heavy (non-hydrogen) atoms. The van der Waals surface area contributed by atoms with Gasteiger partial charge in [0.2, 0.25) is 5.78 Å². The van der Waals surface area contributed by atoms with Gasteiger partial charge < -0.3 is 15.0 Å². The number of nitrogens with two attached hydrogens (primary N) is 1. The van der Waals surface area contributed by atoms with Gasteiger partial charge in [-0.3, -0.25) is 14.0 Å². The molecule has 1 aromatic carbocycles. The van der Waals surface area contributed by atoms with Crippen molar-refractivity contribution < 1.29 is 9.53 Å². The van der Waals surface area contributed by atoms with Crippen molar-refractivity contribution in [3.63, 3.8) is 0 Å². The van der Waals surface area contributed by atoms with Crippen LogP contribution in [0.25, 0.3) is 17.0 Å². The number of imidazole rings is 1. The normalized spacial score (nSPS) is 10.9. The number of hydrogen-bond donors (Lipinski definition) is 1. The van der Waals surface area contributed by atoms with Gasteiger partial charge in [-0.25, -0.2) is 4.98 Å².